The Hall–Kier alpha value is -1.43. The Morgan fingerprint density at radius 2 is 2.06 bits per heavy atom. The van der Waals surface area contributed by atoms with Gasteiger partial charge in [0.25, 0.3) is 5.91 Å². The molecule has 2 heterocycles. The fourth-order valence-corrected chi connectivity index (χ4v) is 2.42. The molecule has 3 rings (SSSR count). The number of aromatic amines is 1. The summed E-state index contributed by atoms with van der Waals surface area (Å²) in [5, 5.41) is 6.78. The van der Waals surface area contributed by atoms with Crippen LogP contribution in [0, 0.1) is 0 Å². The van der Waals surface area contributed by atoms with Gasteiger partial charge in [0, 0.05) is 38.6 Å². The molecule has 1 aromatic heterocycles. The lowest BCUT2D eigenvalue weighted by atomic mass is 10.3. The Morgan fingerprint density at radius 3 is 2.61 bits per heavy atom. The molecule has 0 spiro atoms. The van der Waals surface area contributed by atoms with Crippen molar-refractivity contribution in [3.8, 4) is 0 Å². The Kier molecular flexibility index (Phi) is 3.03. The minimum atomic E-state index is -0.0404. The molecule has 98 valence electrons. The predicted octanol–water partition coefficient (Wildman–Crippen LogP) is 0.287. The third-order valence-corrected chi connectivity index (χ3v) is 3.72. The second kappa shape index (κ2) is 4.68. The molecule has 2 fully saturated rings. The van der Waals surface area contributed by atoms with Gasteiger partial charge in [0.2, 0.25) is 5.82 Å². The number of aromatic nitrogens is 3. The molecule has 1 aliphatic heterocycles. The highest BCUT2D eigenvalue weighted by molar-refractivity contribution is 5.90. The van der Waals surface area contributed by atoms with Gasteiger partial charge in [-0.3, -0.25) is 14.8 Å². The van der Waals surface area contributed by atoms with Gasteiger partial charge in [-0.15, -0.1) is 5.10 Å². The summed E-state index contributed by atoms with van der Waals surface area (Å²) in [6.45, 7) is 5.56. The van der Waals surface area contributed by atoms with Crippen LogP contribution in [0.15, 0.2) is 0 Å². The molecule has 0 radical (unpaired) electrons. The summed E-state index contributed by atoms with van der Waals surface area (Å²) in [7, 11) is 0. The largest absolute Gasteiger partial charge is 0.333 e. The second-order valence-electron chi connectivity index (χ2n) is 5.02. The van der Waals surface area contributed by atoms with Gasteiger partial charge in [-0.1, -0.05) is 6.92 Å². The minimum absolute atomic E-state index is 0.0404. The van der Waals surface area contributed by atoms with Crippen LogP contribution in [0.4, 0.5) is 0 Å². The molecule has 1 aliphatic carbocycles. The number of carbonyl (C=O) groups excluding carboxylic acids is 1. The van der Waals surface area contributed by atoms with Crippen molar-refractivity contribution in [3.05, 3.63) is 11.6 Å². The number of hydrogen-bond acceptors (Lipinski definition) is 4. The number of hydrogen-bond donors (Lipinski definition) is 1. The van der Waals surface area contributed by atoms with Crippen molar-refractivity contribution in [2.45, 2.75) is 32.2 Å². The molecule has 0 atom stereocenters. The van der Waals surface area contributed by atoms with Crippen LogP contribution in [-0.2, 0) is 6.42 Å². The lowest BCUT2D eigenvalue weighted by Gasteiger charge is -2.34. The first-order valence-corrected chi connectivity index (χ1v) is 6.72. The van der Waals surface area contributed by atoms with E-state index >= 15 is 0 Å². The summed E-state index contributed by atoms with van der Waals surface area (Å²) in [6.07, 6.45) is 3.43. The van der Waals surface area contributed by atoms with Crippen LogP contribution in [0.2, 0.25) is 0 Å². The number of nitrogens with one attached hydrogen (secondary N) is 1. The van der Waals surface area contributed by atoms with Crippen LogP contribution in [0.5, 0.6) is 0 Å². The summed E-state index contributed by atoms with van der Waals surface area (Å²) in [6, 6.07) is 0.789. The van der Waals surface area contributed by atoms with Crippen molar-refractivity contribution in [1.82, 2.24) is 25.0 Å². The summed E-state index contributed by atoms with van der Waals surface area (Å²) < 4.78 is 0. The van der Waals surface area contributed by atoms with E-state index in [-0.39, 0.29) is 5.91 Å². The molecule has 1 amide bonds. The van der Waals surface area contributed by atoms with Gasteiger partial charge in [0.05, 0.1) is 0 Å². The van der Waals surface area contributed by atoms with Gasteiger partial charge in [-0.05, 0) is 12.8 Å². The first kappa shape index (κ1) is 11.6. The van der Waals surface area contributed by atoms with E-state index in [1.54, 1.807) is 0 Å². The van der Waals surface area contributed by atoms with Crippen molar-refractivity contribution in [3.63, 3.8) is 0 Å². The Balaban J connectivity index is 1.59. The summed E-state index contributed by atoms with van der Waals surface area (Å²) in [4.78, 5) is 20.7. The van der Waals surface area contributed by atoms with Gasteiger partial charge in [-0.2, -0.15) is 0 Å². The van der Waals surface area contributed by atoms with E-state index in [4.69, 9.17) is 0 Å². The number of piperazine rings is 1. The molecule has 0 unspecified atom stereocenters. The maximum Gasteiger partial charge on any atom is 0.293 e. The van der Waals surface area contributed by atoms with Crippen molar-refractivity contribution < 1.29 is 4.79 Å². The zero-order valence-corrected chi connectivity index (χ0v) is 10.7. The molecule has 1 aromatic rings. The first-order chi connectivity index (χ1) is 8.78. The minimum Gasteiger partial charge on any atom is -0.333 e. The van der Waals surface area contributed by atoms with Gasteiger partial charge in [0.15, 0.2) is 0 Å². The molecule has 0 aromatic carbocycles. The molecule has 0 bridgehead atoms. The maximum absolute atomic E-state index is 12.2. The highest BCUT2D eigenvalue weighted by atomic mass is 16.2. The van der Waals surface area contributed by atoms with E-state index in [0.29, 0.717) is 5.82 Å². The molecule has 18 heavy (non-hydrogen) atoms. The van der Waals surface area contributed by atoms with E-state index in [1.807, 2.05) is 11.8 Å². The molecule has 2 aliphatic rings. The number of H-pyrrole nitrogens is 1. The first-order valence-electron chi connectivity index (χ1n) is 6.72. The third-order valence-electron chi connectivity index (χ3n) is 3.72. The quantitative estimate of drug-likeness (QED) is 0.836. The molecular weight excluding hydrogens is 230 g/mol. The lowest BCUT2D eigenvalue weighted by molar-refractivity contribution is 0.0615. The lowest BCUT2D eigenvalue weighted by Crippen LogP contribution is -2.49. The van der Waals surface area contributed by atoms with Crippen LogP contribution in [-0.4, -0.2) is 63.1 Å². The molecule has 1 saturated carbocycles. The average molecular weight is 249 g/mol. The van der Waals surface area contributed by atoms with Crippen molar-refractivity contribution in [2.75, 3.05) is 26.2 Å². The molecule has 1 N–H and O–H groups in total. The van der Waals surface area contributed by atoms with Crippen LogP contribution >= 0.6 is 0 Å². The van der Waals surface area contributed by atoms with E-state index in [2.05, 4.69) is 20.1 Å². The van der Waals surface area contributed by atoms with E-state index in [1.165, 1.54) is 12.8 Å². The van der Waals surface area contributed by atoms with E-state index < -0.39 is 0 Å². The fraction of sp³-hybridized carbons (Fsp3) is 0.750. The number of amides is 1. The predicted molar refractivity (Wildman–Crippen MR) is 66.3 cm³/mol. The number of aryl methyl sites for hydroxylation is 1. The third kappa shape index (κ3) is 2.25. The Bertz CT molecular complexity index is 431. The SMILES string of the molecule is CCc1nc(C(=O)N2CCN(C3CC3)CC2)n[nH]1. The van der Waals surface area contributed by atoms with Crippen molar-refractivity contribution in [1.29, 1.82) is 0 Å². The van der Waals surface area contributed by atoms with Gasteiger partial charge < -0.3 is 4.90 Å². The normalized spacial score (nSPS) is 21.3. The monoisotopic (exact) mass is 249 g/mol. The highest BCUT2D eigenvalue weighted by Gasteiger charge is 2.33. The summed E-state index contributed by atoms with van der Waals surface area (Å²) in [5.41, 5.74) is 0. The fourth-order valence-electron chi connectivity index (χ4n) is 2.42. The Morgan fingerprint density at radius 1 is 1.33 bits per heavy atom. The van der Waals surface area contributed by atoms with Gasteiger partial charge in [-0.25, -0.2) is 4.98 Å². The number of nitrogens with zero attached hydrogens (tertiary/aromatic N) is 4. The zero-order chi connectivity index (χ0) is 12.5. The van der Waals surface area contributed by atoms with Crippen LogP contribution < -0.4 is 0 Å². The Labute approximate surface area is 106 Å². The van der Waals surface area contributed by atoms with Crippen LogP contribution in [0.3, 0.4) is 0 Å². The van der Waals surface area contributed by atoms with Crippen molar-refractivity contribution in [2.24, 2.45) is 0 Å². The smallest absolute Gasteiger partial charge is 0.293 e. The topological polar surface area (TPSA) is 65.1 Å². The van der Waals surface area contributed by atoms with Crippen LogP contribution in [0.25, 0.3) is 0 Å². The molecule has 1 saturated heterocycles. The molecular formula is C12H19N5O. The zero-order valence-electron chi connectivity index (χ0n) is 10.7. The summed E-state index contributed by atoms with van der Waals surface area (Å²) in [5.74, 6) is 1.04. The van der Waals surface area contributed by atoms with Gasteiger partial charge >= 0.3 is 0 Å². The van der Waals surface area contributed by atoms with E-state index in [9.17, 15) is 4.79 Å². The van der Waals surface area contributed by atoms with Gasteiger partial charge in [0.1, 0.15) is 5.82 Å². The van der Waals surface area contributed by atoms with E-state index in [0.717, 1.165) is 44.5 Å². The standard InChI is InChI=1S/C12H19N5O/c1-2-10-13-11(15-14-10)12(18)17-7-5-16(6-8-17)9-3-4-9/h9H,2-8H2,1H3,(H,13,14,15). The number of carbonyl (C=O) groups is 1. The molecule has 6 heteroatoms. The summed E-state index contributed by atoms with van der Waals surface area (Å²) >= 11 is 0. The molecule has 6 nitrogen and oxygen atoms in total. The second-order valence-corrected chi connectivity index (χ2v) is 5.02. The number of rotatable bonds is 3. The average Bonchev–Trinajstić information content (AvgIpc) is 3.16. The van der Waals surface area contributed by atoms with Crippen LogP contribution in [0.1, 0.15) is 36.2 Å². The highest BCUT2D eigenvalue weighted by Crippen LogP contribution is 2.27. The maximum atomic E-state index is 12.2. The van der Waals surface area contributed by atoms with Crippen molar-refractivity contribution >= 4 is 5.91 Å².